The number of para-hydroxylation sites is 1. The summed E-state index contributed by atoms with van der Waals surface area (Å²) in [6.45, 7) is 12.6. The molecule has 0 saturated carbocycles. The molecule has 2 aliphatic rings. The minimum atomic E-state index is -0.935. The SMILES string of the molecule is CC.Cc1nn(C)c(COc2ccc(N3CCC(O)CC3)cc2)c1-c1cccc2c(CCCOc3cccc4ccccc34)c(C(=O)O)n(CCN3CCOCC3)c12.[V]. The molecule has 6 aromatic rings. The van der Waals surface area contributed by atoms with E-state index in [0.29, 0.717) is 51.4 Å². The summed E-state index contributed by atoms with van der Waals surface area (Å²) >= 11 is 0. The van der Waals surface area contributed by atoms with Gasteiger partial charge in [0.05, 0.1) is 42.8 Å². The molecule has 11 nitrogen and oxygen atoms in total. The van der Waals surface area contributed by atoms with Crippen molar-refractivity contribution >= 4 is 33.3 Å². The average molecular weight is 839 g/mol. The molecule has 0 atom stereocenters. The van der Waals surface area contributed by atoms with Crippen molar-refractivity contribution < 1.29 is 47.8 Å². The van der Waals surface area contributed by atoms with Crippen molar-refractivity contribution in [3.63, 3.8) is 0 Å². The predicted molar refractivity (Wildman–Crippen MR) is 230 cm³/mol. The maximum atomic E-state index is 13.3. The Morgan fingerprint density at radius 2 is 1.56 bits per heavy atom. The van der Waals surface area contributed by atoms with Gasteiger partial charge in [0.1, 0.15) is 23.8 Å². The van der Waals surface area contributed by atoms with E-state index in [1.165, 1.54) is 0 Å². The maximum absolute atomic E-state index is 13.3. The Morgan fingerprint density at radius 1 is 0.864 bits per heavy atom. The molecule has 4 heterocycles. The quantitative estimate of drug-likeness (QED) is 0.105. The fraction of sp³-hybridized carbons (Fsp3) is 0.404. The number of hydrogen-bond donors (Lipinski definition) is 2. The van der Waals surface area contributed by atoms with Crippen LogP contribution in [-0.2, 0) is 49.9 Å². The summed E-state index contributed by atoms with van der Waals surface area (Å²) in [4.78, 5) is 18.0. The number of rotatable bonds is 14. The van der Waals surface area contributed by atoms with E-state index in [2.05, 4.69) is 52.3 Å². The summed E-state index contributed by atoms with van der Waals surface area (Å²) in [5.74, 6) is 0.649. The van der Waals surface area contributed by atoms with Gasteiger partial charge in [0.15, 0.2) is 0 Å². The van der Waals surface area contributed by atoms with Crippen LogP contribution in [0, 0.1) is 6.92 Å². The summed E-state index contributed by atoms with van der Waals surface area (Å²) in [5, 5.41) is 28.8. The molecule has 2 N–H and O–H groups in total. The number of ether oxygens (including phenoxy) is 3. The van der Waals surface area contributed by atoms with Gasteiger partial charge < -0.3 is 33.9 Å². The zero-order chi connectivity index (χ0) is 40.6. The van der Waals surface area contributed by atoms with Gasteiger partial charge in [-0.15, -0.1) is 0 Å². The first kappa shape index (κ1) is 43.8. The Morgan fingerprint density at radius 3 is 2.31 bits per heavy atom. The Kier molecular flexibility index (Phi) is 15.2. The van der Waals surface area contributed by atoms with E-state index < -0.39 is 5.97 Å². The molecule has 0 bridgehead atoms. The molecule has 4 aromatic carbocycles. The molecule has 0 amide bonds. The van der Waals surface area contributed by atoms with E-state index >= 15 is 0 Å². The van der Waals surface area contributed by atoms with Crippen LogP contribution in [0.4, 0.5) is 5.69 Å². The third-order valence-electron chi connectivity index (χ3n) is 11.4. The van der Waals surface area contributed by atoms with Crippen molar-refractivity contribution in [2.24, 2.45) is 7.05 Å². The van der Waals surface area contributed by atoms with Crippen LogP contribution in [0.3, 0.4) is 0 Å². The summed E-state index contributed by atoms with van der Waals surface area (Å²) in [6, 6.07) is 28.6. The van der Waals surface area contributed by atoms with Crippen molar-refractivity contribution in [1.29, 1.82) is 0 Å². The number of carboxylic acids is 1. The number of nitrogens with zero attached hydrogens (tertiary/aromatic N) is 5. The molecule has 2 saturated heterocycles. The molecule has 311 valence electrons. The number of aliphatic hydroxyl groups excluding tert-OH is 1. The largest absolute Gasteiger partial charge is 0.493 e. The number of hydrogen-bond acceptors (Lipinski definition) is 8. The third-order valence-corrected chi connectivity index (χ3v) is 11.4. The van der Waals surface area contributed by atoms with Crippen LogP contribution in [0.1, 0.15) is 60.5 Å². The number of carbonyl (C=O) groups is 1. The van der Waals surface area contributed by atoms with Gasteiger partial charge in [0.25, 0.3) is 0 Å². The molecule has 8 rings (SSSR count). The summed E-state index contributed by atoms with van der Waals surface area (Å²) in [6.07, 6.45) is 2.54. The van der Waals surface area contributed by atoms with Crippen molar-refractivity contribution in [2.45, 2.75) is 65.7 Å². The number of morpholine rings is 1. The Balaban J connectivity index is 0.00000192. The molecule has 59 heavy (non-hydrogen) atoms. The van der Waals surface area contributed by atoms with Gasteiger partial charge in [-0.05, 0) is 73.9 Å². The molecule has 0 spiro atoms. The first-order valence-corrected chi connectivity index (χ1v) is 20.8. The number of aromatic nitrogens is 3. The topological polar surface area (TPSA) is 114 Å². The number of fused-ring (bicyclic) bond motifs is 2. The zero-order valence-corrected chi connectivity index (χ0v) is 36.2. The van der Waals surface area contributed by atoms with Crippen molar-refractivity contribution in [3.8, 4) is 22.6 Å². The number of anilines is 1. The number of aliphatic hydroxyl groups is 1. The smallest absolute Gasteiger partial charge is 0.352 e. The number of benzene rings is 4. The van der Waals surface area contributed by atoms with Gasteiger partial charge >= 0.3 is 5.97 Å². The van der Waals surface area contributed by atoms with Crippen LogP contribution >= 0.6 is 0 Å². The molecule has 2 aliphatic heterocycles. The normalized spacial score (nSPS) is 14.8. The third kappa shape index (κ3) is 9.83. The van der Waals surface area contributed by atoms with Crippen LogP contribution in [0.2, 0.25) is 0 Å². The standard InChI is InChI=1S/C45H51N5O6.C2H6.V/c1-31-42(40(47(2)46-31)30-56-35-17-15-33(16-18-35)49-21-19-34(51)20-22-49)39-12-6-11-37-38(13-7-27-55-41-14-5-9-32-8-3-4-10-36(32)41)44(45(52)53)50(43(37)39)24-23-48-25-28-54-29-26-48;1-2;/h3-6,8-12,14-18,34,51H,7,13,19-30H2,1-2H3,(H,52,53);1-2H3;. The molecule has 2 aromatic heterocycles. The summed E-state index contributed by atoms with van der Waals surface area (Å²) in [5.41, 5.74) is 6.82. The monoisotopic (exact) mass is 838 g/mol. The van der Waals surface area contributed by atoms with Crippen molar-refractivity contribution in [3.05, 3.63) is 108 Å². The second-order valence-electron chi connectivity index (χ2n) is 14.9. The minimum Gasteiger partial charge on any atom is -0.493 e. The molecule has 0 unspecified atom stereocenters. The van der Waals surface area contributed by atoms with E-state index in [9.17, 15) is 15.0 Å². The van der Waals surface area contributed by atoms with Crippen LogP contribution < -0.4 is 14.4 Å². The van der Waals surface area contributed by atoms with E-state index in [4.69, 9.17) is 19.3 Å². The first-order valence-electron chi connectivity index (χ1n) is 20.8. The van der Waals surface area contributed by atoms with Gasteiger partial charge in [-0.3, -0.25) is 9.58 Å². The summed E-state index contributed by atoms with van der Waals surface area (Å²) in [7, 11) is 1.94. The number of aryl methyl sites for hydroxylation is 3. The number of aromatic carboxylic acids is 1. The van der Waals surface area contributed by atoms with E-state index in [0.717, 1.165) is 106 Å². The van der Waals surface area contributed by atoms with Crippen LogP contribution in [0.15, 0.2) is 84.9 Å². The van der Waals surface area contributed by atoms with E-state index in [-0.39, 0.29) is 31.3 Å². The fourth-order valence-electron chi connectivity index (χ4n) is 8.47. The predicted octanol–water partition coefficient (Wildman–Crippen LogP) is 8.11. The van der Waals surface area contributed by atoms with Gasteiger partial charge in [-0.25, -0.2) is 4.79 Å². The minimum absolute atomic E-state index is 0. The van der Waals surface area contributed by atoms with Crippen LogP contribution in [-0.4, -0.2) is 94.1 Å². The molecule has 1 radical (unpaired) electrons. The van der Waals surface area contributed by atoms with Gasteiger partial charge in [-0.1, -0.05) is 68.4 Å². The maximum Gasteiger partial charge on any atom is 0.352 e. The van der Waals surface area contributed by atoms with Crippen LogP contribution in [0.5, 0.6) is 11.5 Å². The van der Waals surface area contributed by atoms with Gasteiger partial charge in [0, 0.05) is 92.5 Å². The van der Waals surface area contributed by atoms with Crippen molar-refractivity contribution in [2.75, 3.05) is 57.4 Å². The Bertz CT molecular complexity index is 2300. The summed E-state index contributed by atoms with van der Waals surface area (Å²) < 4.78 is 22.2. The Labute approximate surface area is 359 Å². The average Bonchev–Trinajstić information content (AvgIpc) is 3.73. The van der Waals surface area contributed by atoms with Crippen LogP contribution in [0.25, 0.3) is 32.8 Å². The molecular formula is C47H57N5O6V. The van der Waals surface area contributed by atoms with E-state index in [1.807, 2.05) is 79.5 Å². The molecule has 0 aliphatic carbocycles. The first-order chi connectivity index (χ1) is 28.4. The van der Waals surface area contributed by atoms with Gasteiger partial charge in [0.2, 0.25) is 0 Å². The Hall–Kier alpha value is -4.78. The molecule has 2 fully saturated rings. The zero-order valence-electron chi connectivity index (χ0n) is 34.8. The molecule has 12 heteroatoms. The van der Waals surface area contributed by atoms with Gasteiger partial charge in [-0.2, -0.15) is 5.10 Å². The number of carboxylic acid groups (broad SMARTS) is 1. The molecular weight excluding hydrogens is 781 g/mol. The number of piperidine rings is 1. The second kappa shape index (κ2) is 20.5. The fourth-order valence-corrected chi connectivity index (χ4v) is 8.47. The second-order valence-corrected chi connectivity index (χ2v) is 14.9. The van der Waals surface area contributed by atoms with Crippen molar-refractivity contribution in [1.82, 2.24) is 19.2 Å². The van der Waals surface area contributed by atoms with E-state index in [1.54, 1.807) is 0 Å².